The number of benzene rings is 3. The molecule has 0 amide bonds. The van der Waals surface area contributed by atoms with Crippen molar-refractivity contribution < 1.29 is 19.4 Å². The zero-order chi connectivity index (χ0) is 19.4. The van der Waals surface area contributed by atoms with Crippen LogP contribution in [0.5, 0.6) is 5.75 Å². The molecule has 0 radical (unpaired) electrons. The quantitative estimate of drug-likeness (QED) is 0.310. The SMILES string of the molecule is CC1=CC2CC1C(C(=O)O)C2C(=O)Oc1c2ccccc2cc2ccccc12. The van der Waals surface area contributed by atoms with Gasteiger partial charge in [-0.2, -0.15) is 0 Å². The van der Waals surface area contributed by atoms with Crippen molar-refractivity contribution in [1.29, 1.82) is 0 Å². The van der Waals surface area contributed by atoms with E-state index in [2.05, 4.69) is 12.1 Å². The van der Waals surface area contributed by atoms with Crippen molar-refractivity contribution in [2.24, 2.45) is 23.7 Å². The molecule has 5 rings (SSSR count). The van der Waals surface area contributed by atoms with Crippen molar-refractivity contribution >= 4 is 33.5 Å². The summed E-state index contributed by atoms with van der Waals surface area (Å²) in [7, 11) is 0. The Balaban J connectivity index is 1.60. The molecule has 0 aromatic heterocycles. The second-order valence-electron chi connectivity index (χ2n) is 7.88. The van der Waals surface area contributed by atoms with Gasteiger partial charge in [0.25, 0.3) is 0 Å². The molecule has 4 nitrogen and oxygen atoms in total. The van der Waals surface area contributed by atoms with Crippen LogP contribution in [0, 0.1) is 23.7 Å². The molecule has 2 aliphatic carbocycles. The number of aliphatic carboxylic acids is 1. The van der Waals surface area contributed by atoms with Crippen molar-refractivity contribution in [3.05, 3.63) is 66.2 Å². The summed E-state index contributed by atoms with van der Waals surface area (Å²) in [4.78, 5) is 25.1. The third kappa shape index (κ3) is 2.44. The zero-order valence-corrected chi connectivity index (χ0v) is 15.5. The molecule has 3 aromatic carbocycles. The minimum Gasteiger partial charge on any atom is -0.481 e. The monoisotopic (exact) mass is 372 g/mol. The second-order valence-corrected chi connectivity index (χ2v) is 7.88. The maximum atomic E-state index is 13.2. The van der Waals surface area contributed by atoms with Crippen LogP contribution in [-0.4, -0.2) is 17.0 Å². The van der Waals surface area contributed by atoms with Gasteiger partial charge < -0.3 is 9.84 Å². The highest BCUT2D eigenvalue weighted by Crippen LogP contribution is 2.52. The van der Waals surface area contributed by atoms with E-state index in [-0.39, 0.29) is 11.8 Å². The van der Waals surface area contributed by atoms with Crippen LogP contribution in [0.4, 0.5) is 0 Å². The van der Waals surface area contributed by atoms with Gasteiger partial charge >= 0.3 is 11.9 Å². The van der Waals surface area contributed by atoms with Crippen LogP contribution in [-0.2, 0) is 9.59 Å². The molecule has 4 atom stereocenters. The Labute approximate surface area is 162 Å². The van der Waals surface area contributed by atoms with Crippen molar-refractivity contribution in [2.75, 3.05) is 0 Å². The Morgan fingerprint density at radius 2 is 1.57 bits per heavy atom. The highest BCUT2D eigenvalue weighted by Gasteiger charge is 2.54. The first-order valence-corrected chi connectivity index (χ1v) is 9.58. The molecule has 1 N–H and O–H groups in total. The zero-order valence-electron chi connectivity index (χ0n) is 15.5. The maximum absolute atomic E-state index is 13.2. The predicted molar refractivity (Wildman–Crippen MR) is 107 cm³/mol. The summed E-state index contributed by atoms with van der Waals surface area (Å²) in [5.74, 6) is -2.29. The number of carbonyl (C=O) groups excluding carboxylic acids is 1. The summed E-state index contributed by atoms with van der Waals surface area (Å²) >= 11 is 0. The maximum Gasteiger partial charge on any atom is 0.315 e. The molecule has 140 valence electrons. The molecule has 4 unspecified atom stereocenters. The first-order chi connectivity index (χ1) is 13.5. The Morgan fingerprint density at radius 3 is 2.18 bits per heavy atom. The van der Waals surface area contributed by atoms with Crippen LogP contribution in [0.1, 0.15) is 13.3 Å². The lowest BCUT2D eigenvalue weighted by Crippen LogP contribution is -2.36. The summed E-state index contributed by atoms with van der Waals surface area (Å²) in [5, 5.41) is 13.4. The van der Waals surface area contributed by atoms with E-state index in [1.54, 1.807) is 0 Å². The summed E-state index contributed by atoms with van der Waals surface area (Å²) < 4.78 is 5.96. The van der Waals surface area contributed by atoms with E-state index in [1.165, 1.54) is 0 Å². The normalized spacial score (nSPS) is 25.8. The lowest BCUT2D eigenvalue weighted by atomic mass is 9.80. The number of hydrogen-bond donors (Lipinski definition) is 1. The van der Waals surface area contributed by atoms with Crippen LogP contribution in [0.25, 0.3) is 21.5 Å². The van der Waals surface area contributed by atoms with Crippen molar-refractivity contribution in [3.63, 3.8) is 0 Å². The van der Waals surface area contributed by atoms with Crippen molar-refractivity contribution in [2.45, 2.75) is 13.3 Å². The molecule has 1 fully saturated rings. The number of carboxylic acids is 1. The fourth-order valence-corrected chi connectivity index (χ4v) is 5.10. The molecule has 4 heteroatoms. The Hall–Kier alpha value is -3.14. The van der Waals surface area contributed by atoms with Gasteiger partial charge in [-0.25, -0.2) is 0 Å². The molecule has 2 aliphatic rings. The van der Waals surface area contributed by atoms with Gasteiger partial charge in [-0.05, 0) is 42.0 Å². The van der Waals surface area contributed by atoms with Crippen molar-refractivity contribution in [3.8, 4) is 5.75 Å². The molecule has 3 aromatic rings. The van der Waals surface area contributed by atoms with Crippen molar-refractivity contribution in [1.82, 2.24) is 0 Å². The standard InChI is InChI=1S/C24H20O4/c1-13-10-16-12-19(13)21(23(25)26)20(16)24(27)28-22-17-8-4-2-6-14(17)11-15-7-3-5-9-18(15)22/h2-11,16,19-21H,12H2,1H3,(H,25,26). The number of carboxylic acid groups (broad SMARTS) is 1. The number of carbonyl (C=O) groups is 2. The van der Waals surface area contributed by atoms with Gasteiger partial charge in [0.05, 0.1) is 11.8 Å². The molecular weight excluding hydrogens is 352 g/mol. The highest BCUT2D eigenvalue weighted by atomic mass is 16.5. The average Bonchev–Trinajstić information content (AvgIpc) is 3.24. The Kier molecular flexibility index (Phi) is 3.76. The molecular formula is C24H20O4. The van der Waals surface area contributed by atoms with Crippen LogP contribution >= 0.6 is 0 Å². The van der Waals surface area contributed by atoms with E-state index in [0.29, 0.717) is 5.75 Å². The minimum atomic E-state index is -0.912. The molecule has 0 spiro atoms. The summed E-state index contributed by atoms with van der Waals surface area (Å²) in [5.41, 5.74) is 1.08. The predicted octanol–water partition coefficient (Wildman–Crippen LogP) is 4.81. The second kappa shape index (κ2) is 6.20. The van der Waals surface area contributed by atoms with Gasteiger partial charge in [-0.3, -0.25) is 9.59 Å². The molecule has 1 saturated carbocycles. The Bertz CT molecular complexity index is 1110. The average molecular weight is 372 g/mol. The van der Waals surface area contributed by atoms with Gasteiger partial charge in [0.2, 0.25) is 0 Å². The largest absolute Gasteiger partial charge is 0.481 e. The highest BCUT2D eigenvalue weighted by molar-refractivity contribution is 6.06. The first kappa shape index (κ1) is 17.0. The smallest absolute Gasteiger partial charge is 0.315 e. The third-order valence-corrected chi connectivity index (χ3v) is 6.35. The topological polar surface area (TPSA) is 63.6 Å². The van der Waals surface area contributed by atoms with E-state index in [0.717, 1.165) is 33.5 Å². The van der Waals surface area contributed by atoms with Gasteiger partial charge in [0.1, 0.15) is 5.75 Å². The molecule has 28 heavy (non-hydrogen) atoms. The number of allylic oxidation sites excluding steroid dienone is 2. The van der Waals surface area contributed by atoms with E-state index < -0.39 is 23.8 Å². The molecule has 2 bridgehead atoms. The van der Waals surface area contributed by atoms with Gasteiger partial charge in [-0.15, -0.1) is 0 Å². The summed E-state index contributed by atoms with van der Waals surface area (Å²) in [6.07, 6.45) is 2.77. The minimum absolute atomic E-state index is 0.0557. The lowest BCUT2D eigenvalue weighted by Gasteiger charge is -2.25. The number of esters is 1. The molecule has 0 aliphatic heterocycles. The number of fused-ring (bicyclic) bond motifs is 4. The van der Waals surface area contributed by atoms with Gasteiger partial charge in [0.15, 0.2) is 0 Å². The van der Waals surface area contributed by atoms with Gasteiger partial charge in [0, 0.05) is 10.8 Å². The van der Waals surface area contributed by atoms with Crippen LogP contribution < -0.4 is 4.74 Å². The number of rotatable bonds is 3. The summed E-state index contributed by atoms with van der Waals surface area (Å²) in [6, 6.07) is 17.7. The fraction of sp³-hybridized carbons (Fsp3) is 0.250. The van der Waals surface area contributed by atoms with E-state index in [9.17, 15) is 14.7 Å². The Morgan fingerprint density at radius 1 is 0.964 bits per heavy atom. The number of ether oxygens (including phenoxy) is 1. The van der Waals surface area contributed by atoms with Gasteiger partial charge in [-0.1, -0.05) is 60.2 Å². The van der Waals surface area contributed by atoms with Crippen LogP contribution in [0.15, 0.2) is 66.2 Å². The van der Waals surface area contributed by atoms with Crippen LogP contribution in [0.3, 0.4) is 0 Å². The summed E-state index contributed by atoms with van der Waals surface area (Å²) in [6.45, 7) is 1.96. The molecule has 0 saturated heterocycles. The van der Waals surface area contributed by atoms with Crippen LogP contribution in [0.2, 0.25) is 0 Å². The lowest BCUT2D eigenvalue weighted by molar-refractivity contribution is -0.152. The van der Waals surface area contributed by atoms with E-state index >= 15 is 0 Å². The third-order valence-electron chi connectivity index (χ3n) is 6.35. The molecule has 0 heterocycles. The van der Waals surface area contributed by atoms with E-state index in [4.69, 9.17) is 4.74 Å². The number of hydrogen-bond acceptors (Lipinski definition) is 3. The fourth-order valence-electron chi connectivity index (χ4n) is 5.10. The first-order valence-electron chi connectivity index (χ1n) is 9.58. The van der Waals surface area contributed by atoms with E-state index in [1.807, 2.05) is 55.5 Å².